The number of aliphatic carboxylic acids is 1. The van der Waals surface area contributed by atoms with E-state index in [1.54, 1.807) is 0 Å². The molecule has 0 aromatic heterocycles. The van der Waals surface area contributed by atoms with Crippen molar-refractivity contribution in [2.75, 3.05) is 0 Å². The minimum absolute atomic E-state index is 0.0168. The molecule has 2 aromatic rings. The van der Waals surface area contributed by atoms with E-state index in [4.69, 9.17) is 26.2 Å². The van der Waals surface area contributed by atoms with Crippen molar-refractivity contribution in [3.63, 3.8) is 0 Å². The van der Waals surface area contributed by atoms with Crippen LogP contribution in [0.4, 0.5) is 17.6 Å². The zero-order chi connectivity index (χ0) is 19.1. The molecule has 26 heavy (non-hydrogen) atoms. The summed E-state index contributed by atoms with van der Waals surface area (Å²) in [6, 6.07) is 7.25. The van der Waals surface area contributed by atoms with Crippen LogP contribution in [0.25, 0.3) is 6.08 Å². The number of alkyl halides is 3. The minimum Gasteiger partial charge on any atom is -0.478 e. The maximum atomic E-state index is 13.1. The van der Waals surface area contributed by atoms with Crippen LogP contribution in [-0.4, -0.2) is 23.4 Å². The SMILES string of the molecule is O=C(O)C1=Cc2cc(Cl)c(Oc3ccc(F)cc3)cc2OC1C(F)(F)F. The van der Waals surface area contributed by atoms with Crippen LogP contribution in [0, 0.1) is 5.82 Å². The number of ether oxygens (including phenoxy) is 2. The van der Waals surface area contributed by atoms with Gasteiger partial charge in [-0.2, -0.15) is 13.2 Å². The molecule has 1 N–H and O–H groups in total. The van der Waals surface area contributed by atoms with Crippen LogP contribution in [0.5, 0.6) is 17.2 Å². The first-order valence-electron chi connectivity index (χ1n) is 7.10. The maximum absolute atomic E-state index is 13.1. The number of hydrogen-bond donors (Lipinski definition) is 1. The second kappa shape index (κ2) is 6.53. The van der Waals surface area contributed by atoms with Crippen LogP contribution in [-0.2, 0) is 4.79 Å². The minimum atomic E-state index is -4.92. The molecule has 1 aliphatic heterocycles. The summed E-state index contributed by atoms with van der Waals surface area (Å²) in [6.45, 7) is 0. The average molecular weight is 389 g/mol. The number of carboxylic acid groups (broad SMARTS) is 1. The molecule has 1 heterocycles. The van der Waals surface area contributed by atoms with E-state index in [1.807, 2.05) is 0 Å². The molecule has 0 aliphatic carbocycles. The lowest BCUT2D eigenvalue weighted by molar-refractivity contribution is -0.187. The predicted molar refractivity (Wildman–Crippen MR) is 84.0 cm³/mol. The van der Waals surface area contributed by atoms with Gasteiger partial charge in [-0.3, -0.25) is 0 Å². The fraction of sp³-hybridized carbons (Fsp3) is 0.118. The molecule has 3 rings (SSSR count). The molecule has 0 bridgehead atoms. The van der Waals surface area contributed by atoms with Gasteiger partial charge in [0.15, 0.2) is 0 Å². The average Bonchev–Trinajstić information content (AvgIpc) is 2.55. The largest absolute Gasteiger partial charge is 0.478 e. The van der Waals surface area contributed by atoms with Crippen molar-refractivity contribution in [3.8, 4) is 17.2 Å². The Morgan fingerprint density at radius 3 is 2.42 bits per heavy atom. The number of rotatable bonds is 3. The summed E-state index contributed by atoms with van der Waals surface area (Å²) in [5, 5.41) is 9.02. The van der Waals surface area contributed by atoms with Crippen molar-refractivity contribution < 1.29 is 36.9 Å². The third-order valence-corrected chi connectivity index (χ3v) is 3.78. The molecule has 1 aliphatic rings. The quantitative estimate of drug-likeness (QED) is 0.746. The fourth-order valence-electron chi connectivity index (χ4n) is 2.32. The van der Waals surface area contributed by atoms with Crippen molar-refractivity contribution in [2.45, 2.75) is 12.3 Å². The molecule has 0 saturated carbocycles. The molecule has 0 radical (unpaired) electrons. The molecular weight excluding hydrogens is 380 g/mol. The highest BCUT2D eigenvalue weighted by atomic mass is 35.5. The van der Waals surface area contributed by atoms with Gasteiger partial charge < -0.3 is 14.6 Å². The zero-order valence-electron chi connectivity index (χ0n) is 12.7. The number of fused-ring (bicyclic) bond motifs is 1. The summed E-state index contributed by atoms with van der Waals surface area (Å²) in [7, 11) is 0. The first kappa shape index (κ1) is 18.1. The topological polar surface area (TPSA) is 55.8 Å². The van der Waals surface area contributed by atoms with E-state index in [1.165, 1.54) is 18.2 Å². The number of carboxylic acids is 1. The van der Waals surface area contributed by atoms with Gasteiger partial charge >= 0.3 is 12.1 Å². The zero-order valence-corrected chi connectivity index (χ0v) is 13.4. The normalized spacial score (nSPS) is 16.3. The van der Waals surface area contributed by atoms with E-state index in [-0.39, 0.29) is 27.8 Å². The highest BCUT2D eigenvalue weighted by Gasteiger charge is 2.48. The molecule has 0 fully saturated rings. The number of halogens is 5. The van der Waals surface area contributed by atoms with Crippen molar-refractivity contribution in [1.29, 1.82) is 0 Å². The van der Waals surface area contributed by atoms with Gasteiger partial charge in [0, 0.05) is 11.6 Å². The molecule has 1 atom stereocenters. The fourth-order valence-corrected chi connectivity index (χ4v) is 2.53. The number of benzene rings is 2. The van der Waals surface area contributed by atoms with Crippen molar-refractivity contribution in [3.05, 3.63) is 58.4 Å². The van der Waals surface area contributed by atoms with Gasteiger partial charge in [-0.05, 0) is 36.4 Å². The molecule has 0 saturated heterocycles. The molecule has 4 nitrogen and oxygen atoms in total. The number of carbonyl (C=O) groups is 1. The molecule has 1 unspecified atom stereocenters. The standard InChI is InChI=1S/C17H9ClF4O4/c18-12-6-8-5-11(16(23)24)15(17(20,21)22)26-13(8)7-14(12)25-10-3-1-9(19)2-4-10/h1-7,15H,(H,23,24). The van der Waals surface area contributed by atoms with Crippen LogP contribution in [0.3, 0.4) is 0 Å². The number of hydrogen-bond acceptors (Lipinski definition) is 3. The second-order valence-electron chi connectivity index (χ2n) is 5.32. The highest BCUT2D eigenvalue weighted by Crippen LogP contribution is 2.42. The van der Waals surface area contributed by atoms with Crippen molar-refractivity contribution in [1.82, 2.24) is 0 Å². The summed E-state index contributed by atoms with van der Waals surface area (Å²) in [5.74, 6) is -2.29. The van der Waals surface area contributed by atoms with Crippen LogP contribution in [0.1, 0.15) is 5.56 Å². The van der Waals surface area contributed by atoms with Gasteiger partial charge in [0.25, 0.3) is 0 Å². The molecule has 2 aromatic carbocycles. The van der Waals surface area contributed by atoms with Gasteiger partial charge in [-0.25, -0.2) is 9.18 Å². The Morgan fingerprint density at radius 2 is 1.85 bits per heavy atom. The van der Waals surface area contributed by atoms with E-state index in [0.717, 1.165) is 24.3 Å². The maximum Gasteiger partial charge on any atom is 0.430 e. The van der Waals surface area contributed by atoms with Crippen molar-refractivity contribution in [2.24, 2.45) is 0 Å². The van der Waals surface area contributed by atoms with Gasteiger partial charge in [0.2, 0.25) is 6.10 Å². The third kappa shape index (κ3) is 3.60. The van der Waals surface area contributed by atoms with Crippen molar-refractivity contribution >= 4 is 23.6 Å². The Hall–Kier alpha value is -2.74. The predicted octanol–water partition coefficient (Wildman–Crippen LogP) is 5.06. The van der Waals surface area contributed by atoms with E-state index < -0.39 is 29.6 Å². The lowest BCUT2D eigenvalue weighted by atomic mass is 10.0. The van der Waals surface area contributed by atoms with Crippen LogP contribution in [0.2, 0.25) is 5.02 Å². The Balaban J connectivity index is 2.00. The van der Waals surface area contributed by atoms with Crippen LogP contribution in [0.15, 0.2) is 42.0 Å². The monoisotopic (exact) mass is 388 g/mol. The summed E-state index contributed by atoms with van der Waals surface area (Å²) >= 11 is 6.04. The van der Waals surface area contributed by atoms with Crippen LogP contribution < -0.4 is 9.47 Å². The Kier molecular flexibility index (Phi) is 4.53. The lowest BCUT2D eigenvalue weighted by Gasteiger charge is -2.27. The lowest BCUT2D eigenvalue weighted by Crippen LogP contribution is -2.40. The highest BCUT2D eigenvalue weighted by molar-refractivity contribution is 6.32. The van der Waals surface area contributed by atoms with Gasteiger partial charge in [-0.15, -0.1) is 0 Å². The molecule has 136 valence electrons. The Labute approximate surface area is 149 Å². The first-order valence-corrected chi connectivity index (χ1v) is 7.48. The summed E-state index contributed by atoms with van der Waals surface area (Å²) < 4.78 is 62.5. The molecule has 0 amide bonds. The molecule has 0 spiro atoms. The molecular formula is C17H9ClF4O4. The van der Waals surface area contributed by atoms with E-state index in [2.05, 4.69) is 0 Å². The van der Waals surface area contributed by atoms with Gasteiger partial charge in [-0.1, -0.05) is 11.6 Å². The van der Waals surface area contributed by atoms with E-state index >= 15 is 0 Å². The first-order chi connectivity index (χ1) is 12.1. The van der Waals surface area contributed by atoms with Crippen LogP contribution >= 0.6 is 11.6 Å². The van der Waals surface area contributed by atoms with E-state index in [9.17, 15) is 22.4 Å². The summed E-state index contributed by atoms with van der Waals surface area (Å²) in [6.07, 6.45) is -6.68. The smallest absolute Gasteiger partial charge is 0.430 e. The van der Waals surface area contributed by atoms with E-state index in [0.29, 0.717) is 0 Å². The summed E-state index contributed by atoms with van der Waals surface area (Å²) in [5.41, 5.74) is -0.882. The van der Waals surface area contributed by atoms with Gasteiger partial charge in [0.05, 0.1) is 10.6 Å². The summed E-state index contributed by atoms with van der Waals surface area (Å²) in [4.78, 5) is 11.1. The molecule has 9 heteroatoms. The van der Waals surface area contributed by atoms with Gasteiger partial charge in [0.1, 0.15) is 23.1 Å². The third-order valence-electron chi connectivity index (χ3n) is 3.49. The Bertz CT molecular complexity index is 891. The second-order valence-corrected chi connectivity index (χ2v) is 5.73. The Morgan fingerprint density at radius 1 is 1.19 bits per heavy atom.